The third-order valence-electron chi connectivity index (χ3n) is 4.70. The fourth-order valence-electron chi connectivity index (χ4n) is 3.30. The lowest BCUT2D eigenvalue weighted by molar-refractivity contribution is -0.123. The number of nitrogens with one attached hydrogen (secondary N) is 1. The largest absolute Gasteiger partial charge is 0.317 e. The minimum Gasteiger partial charge on any atom is -0.317 e. The molecule has 0 unspecified atom stereocenters. The summed E-state index contributed by atoms with van der Waals surface area (Å²) in [4.78, 5) is 17.0. The molecule has 3 heterocycles. The van der Waals surface area contributed by atoms with E-state index < -0.39 is 0 Å². The van der Waals surface area contributed by atoms with Crippen molar-refractivity contribution >= 4 is 27.9 Å². The van der Waals surface area contributed by atoms with E-state index in [2.05, 4.69) is 26.6 Å². The molecule has 128 valence electrons. The first-order chi connectivity index (χ1) is 12.2. The van der Waals surface area contributed by atoms with E-state index in [4.69, 9.17) is 0 Å². The summed E-state index contributed by atoms with van der Waals surface area (Å²) in [5, 5.41) is 15.6. The summed E-state index contributed by atoms with van der Waals surface area (Å²) < 4.78 is 0. The van der Waals surface area contributed by atoms with Crippen LogP contribution >= 0.6 is 11.3 Å². The van der Waals surface area contributed by atoms with E-state index in [0.717, 1.165) is 58.0 Å². The number of carbonyl (C=O) groups is 1. The highest BCUT2D eigenvalue weighted by molar-refractivity contribution is 7.14. The van der Waals surface area contributed by atoms with E-state index in [1.165, 1.54) is 0 Å². The molecule has 2 aromatic heterocycles. The first kappa shape index (κ1) is 16.3. The summed E-state index contributed by atoms with van der Waals surface area (Å²) in [5.74, 6) is 0.485. The minimum absolute atomic E-state index is 0.175. The maximum absolute atomic E-state index is 12.5. The van der Waals surface area contributed by atoms with E-state index in [-0.39, 0.29) is 5.92 Å². The second-order valence-corrected chi connectivity index (χ2v) is 7.71. The van der Waals surface area contributed by atoms with Crippen LogP contribution in [-0.2, 0) is 11.2 Å². The van der Waals surface area contributed by atoms with Crippen LogP contribution in [0.25, 0.3) is 21.3 Å². The lowest BCUT2D eigenvalue weighted by atomic mass is 9.91. The van der Waals surface area contributed by atoms with Gasteiger partial charge in [0.2, 0.25) is 0 Å². The Morgan fingerprint density at radius 3 is 2.80 bits per heavy atom. The van der Waals surface area contributed by atoms with Gasteiger partial charge in [-0.2, -0.15) is 0 Å². The van der Waals surface area contributed by atoms with Gasteiger partial charge in [-0.15, -0.1) is 10.2 Å². The van der Waals surface area contributed by atoms with Crippen molar-refractivity contribution in [2.24, 2.45) is 5.92 Å². The Balaban J connectivity index is 1.59. The average molecular weight is 352 g/mol. The Morgan fingerprint density at radius 2 is 2.04 bits per heavy atom. The van der Waals surface area contributed by atoms with E-state index in [9.17, 15) is 4.79 Å². The molecule has 0 aliphatic carbocycles. The van der Waals surface area contributed by atoms with Gasteiger partial charge < -0.3 is 5.32 Å². The van der Waals surface area contributed by atoms with Gasteiger partial charge >= 0.3 is 0 Å². The standard InChI is InChI=1S/C19H20N4OS/c1-12-22-23-19(25-12)14-2-3-15-11-21-17(9-16(15)8-14)10-18(24)13-4-6-20-7-5-13/h2-3,8-9,11,13,20H,4-7,10H2,1H3. The number of hydrogen-bond donors (Lipinski definition) is 1. The van der Waals surface area contributed by atoms with Crippen molar-refractivity contribution in [1.82, 2.24) is 20.5 Å². The Bertz CT molecular complexity index is 915. The van der Waals surface area contributed by atoms with Crippen LogP contribution in [0.1, 0.15) is 23.5 Å². The van der Waals surface area contributed by atoms with Gasteiger partial charge in [0.15, 0.2) is 0 Å². The molecule has 0 spiro atoms. The molecular formula is C19H20N4OS. The molecule has 0 amide bonds. The number of benzene rings is 1. The Morgan fingerprint density at radius 1 is 1.20 bits per heavy atom. The molecule has 0 saturated carbocycles. The molecule has 5 nitrogen and oxygen atoms in total. The number of aryl methyl sites for hydroxylation is 1. The van der Waals surface area contributed by atoms with Crippen LogP contribution in [0, 0.1) is 12.8 Å². The summed E-state index contributed by atoms with van der Waals surface area (Å²) in [7, 11) is 0. The first-order valence-corrected chi connectivity index (χ1v) is 9.43. The van der Waals surface area contributed by atoms with Crippen LogP contribution in [0.2, 0.25) is 0 Å². The molecule has 0 atom stereocenters. The normalized spacial score (nSPS) is 15.6. The Hall–Kier alpha value is -2.18. The second-order valence-electron chi connectivity index (χ2n) is 6.53. The fraction of sp³-hybridized carbons (Fsp3) is 0.368. The van der Waals surface area contributed by atoms with E-state index in [0.29, 0.717) is 12.2 Å². The van der Waals surface area contributed by atoms with Crippen LogP contribution in [0.15, 0.2) is 30.5 Å². The fourth-order valence-corrected chi connectivity index (χ4v) is 3.98. The van der Waals surface area contributed by atoms with Crippen molar-refractivity contribution in [1.29, 1.82) is 0 Å². The van der Waals surface area contributed by atoms with Crippen LogP contribution in [0.4, 0.5) is 0 Å². The monoisotopic (exact) mass is 352 g/mol. The van der Waals surface area contributed by atoms with Gasteiger partial charge in [0, 0.05) is 35.2 Å². The zero-order chi connectivity index (χ0) is 17.2. The molecule has 1 aromatic carbocycles. The minimum atomic E-state index is 0.175. The molecule has 4 rings (SSSR count). The number of aromatic nitrogens is 3. The van der Waals surface area contributed by atoms with Gasteiger partial charge in [-0.05, 0) is 50.4 Å². The maximum Gasteiger partial charge on any atom is 0.147 e. The lowest BCUT2D eigenvalue weighted by Crippen LogP contribution is -2.32. The van der Waals surface area contributed by atoms with E-state index in [1.807, 2.05) is 31.3 Å². The third kappa shape index (κ3) is 3.60. The van der Waals surface area contributed by atoms with Gasteiger partial charge in [-0.25, -0.2) is 0 Å². The maximum atomic E-state index is 12.5. The smallest absolute Gasteiger partial charge is 0.147 e. The van der Waals surface area contributed by atoms with E-state index >= 15 is 0 Å². The van der Waals surface area contributed by atoms with Crippen LogP contribution < -0.4 is 5.32 Å². The molecule has 25 heavy (non-hydrogen) atoms. The average Bonchev–Trinajstić information content (AvgIpc) is 3.08. The molecule has 0 bridgehead atoms. The molecule has 1 fully saturated rings. The molecule has 1 aliphatic rings. The highest BCUT2D eigenvalue weighted by atomic mass is 32.1. The van der Waals surface area contributed by atoms with Gasteiger partial charge in [0.05, 0.1) is 0 Å². The number of pyridine rings is 1. The van der Waals surface area contributed by atoms with Crippen LogP contribution in [-0.4, -0.2) is 34.1 Å². The lowest BCUT2D eigenvalue weighted by Gasteiger charge is -2.21. The SMILES string of the molecule is Cc1nnc(-c2ccc3cnc(CC(=O)C4CCNCC4)cc3c2)s1. The zero-order valence-electron chi connectivity index (χ0n) is 14.2. The topological polar surface area (TPSA) is 67.8 Å². The third-order valence-corrected chi connectivity index (χ3v) is 5.59. The quantitative estimate of drug-likeness (QED) is 0.781. The number of Topliss-reactive ketones (excluding diaryl/α,β-unsaturated/α-hetero) is 1. The van der Waals surface area contributed by atoms with Gasteiger partial charge in [-0.3, -0.25) is 9.78 Å². The van der Waals surface area contributed by atoms with Crippen molar-refractivity contribution in [3.63, 3.8) is 0 Å². The van der Waals surface area contributed by atoms with Gasteiger partial charge in [0.25, 0.3) is 0 Å². The summed E-state index contributed by atoms with van der Waals surface area (Å²) in [6.07, 6.45) is 4.15. The molecule has 3 aromatic rings. The van der Waals surface area contributed by atoms with Crippen molar-refractivity contribution < 1.29 is 4.79 Å². The molecule has 1 saturated heterocycles. The Kier molecular flexibility index (Phi) is 4.55. The number of ketones is 1. The predicted octanol–water partition coefficient (Wildman–Crippen LogP) is 3.17. The molecule has 6 heteroatoms. The number of fused-ring (bicyclic) bond motifs is 1. The summed E-state index contributed by atoms with van der Waals surface area (Å²) >= 11 is 1.59. The first-order valence-electron chi connectivity index (χ1n) is 8.61. The molecule has 0 radical (unpaired) electrons. The number of nitrogens with zero attached hydrogens (tertiary/aromatic N) is 3. The van der Waals surface area contributed by atoms with Crippen LogP contribution in [0.5, 0.6) is 0 Å². The highest BCUT2D eigenvalue weighted by Crippen LogP contribution is 2.27. The van der Waals surface area contributed by atoms with Crippen molar-refractivity contribution in [3.8, 4) is 10.6 Å². The van der Waals surface area contributed by atoms with Crippen molar-refractivity contribution in [3.05, 3.63) is 41.2 Å². The summed E-state index contributed by atoms with van der Waals surface area (Å²) in [5.41, 5.74) is 1.90. The van der Waals surface area contributed by atoms with Gasteiger partial charge in [-0.1, -0.05) is 23.5 Å². The summed E-state index contributed by atoms with van der Waals surface area (Å²) in [6.45, 7) is 3.83. The van der Waals surface area contributed by atoms with Gasteiger partial charge in [0.1, 0.15) is 15.8 Å². The number of carbonyl (C=O) groups excluding carboxylic acids is 1. The number of hydrogen-bond acceptors (Lipinski definition) is 6. The second kappa shape index (κ2) is 6.98. The molecule has 1 N–H and O–H groups in total. The predicted molar refractivity (Wildman–Crippen MR) is 99.7 cm³/mol. The Labute approximate surface area is 150 Å². The number of piperidine rings is 1. The van der Waals surface area contributed by atoms with E-state index in [1.54, 1.807) is 11.3 Å². The molecule has 1 aliphatic heterocycles. The summed E-state index contributed by atoms with van der Waals surface area (Å²) in [6, 6.07) is 8.23. The van der Waals surface area contributed by atoms with Crippen LogP contribution in [0.3, 0.4) is 0 Å². The molecular weight excluding hydrogens is 332 g/mol. The zero-order valence-corrected chi connectivity index (χ0v) is 15.0. The highest BCUT2D eigenvalue weighted by Gasteiger charge is 2.21. The number of rotatable bonds is 4. The van der Waals surface area contributed by atoms with Crippen molar-refractivity contribution in [2.45, 2.75) is 26.2 Å². The van der Waals surface area contributed by atoms with Crippen molar-refractivity contribution in [2.75, 3.05) is 13.1 Å².